The summed E-state index contributed by atoms with van der Waals surface area (Å²) in [4.78, 5) is 41.6. The lowest BCUT2D eigenvalue weighted by atomic mass is 10.2. The van der Waals surface area contributed by atoms with Crippen molar-refractivity contribution in [2.45, 2.75) is 16.8 Å². The van der Waals surface area contributed by atoms with Crippen LogP contribution < -0.4 is 16.3 Å². The van der Waals surface area contributed by atoms with E-state index in [1.54, 1.807) is 48.5 Å². The van der Waals surface area contributed by atoms with Crippen LogP contribution in [0.15, 0.2) is 58.5 Å². The van der Waals surface area contributed by atoms with Gasteiger partial charge in [-0.1, -0.05) is 35.5 Å². The first kappa shape index (κ1) is 17.6. The molecule has 27 heavy (non-hydrogen) atoms. The number of nitrogens with one attached hydrogen (secondary N) is 2. The summed E-state index contributed by atoms with van der Waals surface area (Å²) in [5.74, 6) is -0.737. The molecule has 7 nitrogen and oxygen atoms in total. The highest BCUT2D eigenvalue weighted by molar-refractivity contribution is 8.00. The lowest BCUT2D eigenvalue weighted by Gasteiger charge is -2.24. The molecular formula is C18H13ClN4O3S. The Morgan fingerprint density at radius 3 is 2.70 bits per heavy atom. The summed E-state index contributed by atoms with van der Waals surface area (Å²) in [5, 5.41) is 3.37. The van der Waals surface area contributed by atoms with Crippen LogP contribution in [0.25, 0.3) is 10.9 Å². The highest BCUT2D eigenvalue weighted by Crippen LogP contribution is 2.28. The monoisotopic (exact) mass is 400 g/mol. The van der Waals surface area contributed by atoms with Gasteiger partial charge in [-0.25, -0.2) is 4.98 Å². The molecule has 0 radical (unpaired) electrons. The van der Waals surface area contributed by atoms with Gasteiger partial charge in [0.1, 0.15) is 5.25 Å². The number of thioether (sulfide) groups is 1. The molecule has 0 fully saturated rings. The van der Waals surface area contributed by atoms with E-state index in [0.29, 0.717) is 26.8 Å². The second-order valence-electron chi connectivity index (χ2n) is 5.89. The lowest BCUT2D eigenvalue weighted by Crippen LogP contribution is -2.44. The van der Waals surface area contributed by atoms with E-state index in [2.05, 4.69) is 15.7 Å². The molecule has 1 aromatic heterocycles. The van der Waals surface area contributed by atoms with E-state index in [1.165, 1.54) is 0 Å². The molecule has 2 amide bonds. The third kappa shape index (κ3) is 3.54. The molecule has 9 heteroatoms. The predicted molar refractivity (Wildman–Crippen MR) is 105 cm³/mol. The van der Waals surface area contributed by atoms with Crippen LogP contribution in [0.4, 0.5) is 5.69 Å². The Bertz CT molecular complexity index is 1110. The van der Waals surface area contributed by atoms with Gasteiger partial charge >= 0.3 is 0 Å². The van der Waals surface area contributed by atoms with Gasteiger partial charge in [-0.3, -0.25) is 19.8 Å². The first-order valence-electron chi connectivity index (χ1n) is 8.06. The Labute approximate surface area is 162 Å². The normalized spacial score (nSPS) is 15.9. The quantitative estimate of drug-likeness (QED) is 0.659. The van der Waals surface area contributed by atoms with Gasteiger partial charge in [-0.2, -0.15) is 4.68 Å². The molecule has 0 saturated carbocycles. The Morgan fingerprint density at radius 2 is 1.93 bits per heavy atom. The fraction of sp³-hybridized carbons (Fsp3) is 0.111. The molecule has 2 N–H and O–H groups in total. The third-order valence-electron chi connectivity index (χ3n) is 4.01. The molecular weight excluding hydrogens is 388 g/mol. The number of para-hydroxylation sites is 1. The smallest absolute Gasteiger partial charge is 0.281 e. The molecule has 1 aliphatic rings. The van der Waals surface area contributed by atoms with Crippen LogP contribution >= 0.6 is 23.4 Å². The number of fused-ring (bicyclic) bond motifs is 2. The minimum Gasteiger partial charge on any atom is -0.326 e. The molecule has 1 atom stereocenters. The molecule has 136 valence electrons. The number of aromatic nitrogens is 2. The second kappa shape index (κ2) is 7.05. The number of nitrogens with zero attached hydrogens (tertiary/aromatic N) is 2. The van der Waals surface area contributed by atoms with Crippen LogP contribution in [0.1, 0.15) is 6.42 Å². The molecule has 0 spiro atoms. The van der Waals surface area contributed by atoms with Crippen molar-refractivity contribution in [2.75, 3.05) is 10.7 Å². The summed E-state index contributed by atoms with van der Waals surface area (Å²) in [6, 6.07) is 13.6. The van der Waals surface area contributed by atoms with Gasteiger partial charge in [0.2, 0.25) is 5.91 Å². The highest BCUT2D eigenvalue weighted by Gasteiger charge is 2.31. The SMILES string of the molecule is O=C(CC1Sc2nc3ccccc3c(=O)n2NC1=O)Nc1ccc(Cl)cc1. The number of hydrogen-bond acceptors (Lipinski definition) is 5. The van der Waals surface area contributed by atoms with E-state index >= 15 is 0 Å². The van der Waals surface area contributed by atoms with Gasteiger partial charge in [-0.15, -0.1) is 0 Å². The van der Waals surface area contributed by atoms with Gasteiger partial charge in [0, 0.05) is 17.1 Å². The Hall–Kier alpha value is -2.84. The molecule has 4 rings (SSSR count). The van der Waals surface area contributed by atoms with Crippen molar-refractivity contribution in [1.82, 2.24) is 9.66 Å². The van der Waals surface area contributed by atoms with Crippen molar-refractivity contribution >= 4 is 51.8 Å². The Balaban J connectivity index is 1.54. The Kier molecular flexibility index (Phi) is 4.59. The standard InChI is InChI=1S/C18H13ClN4O3S/c19-10-5-7-11(8-6-10)20-15(24)9-14-16(25)22-23-17(26)12-3-1-2-4-13(12)21-18(23)27-14/h1-8,14H,9H2,(H,20,24)(H,22,25). The number of carbonyl (C=O) groups excluding carboxylic acids is 2. The number of carbonyl (C=O) groups is 2. The van der Waals surface area contributed by atoms with Crippen molar-refractivity contribution < 1.29 is 9.59 Å². The maximum Gasteiger partial charge on any atom is 0.281 e. The fourth-order valence-corrected chi connectivity index (χ4v) is 3.86. The van der Waals surface area contributed by atoms with E-state index < -0.39 is 11.2 Å². The summed E-state index contributed by atoms with van der Waals surface area (Å²) in [6.07, 6.45) is -0.0537. The number of hydrogen-bond donors (Lipinski definition) is 2. The van der Waals surface area contributed by atoms with Crippen molar-refractivity contribution in [2.24, 2.45) is 0 Å². The third-order valence-corrected chi connectivity index (χ3v) is 5.41. The van der Waals surface area contributed by atoms with Gasteiger partial charge in [0.15, 0.2) is 5.16 Å². The van der Waals surface area contributed by atoms with E-state index in [9.17, 15) is 14.4 Å². The van der Waals surface area contributed by atoms with E-state index in [-0.39, 0.29) is 17.9 Å². The first-order valence-corrected chi connectivity index (χ1v) is 9.32. The fourth-order valence-electron chi connectivity index (χ4n) is 2.70. The van der Waals surface area contributed by atoms with E-state index in [4.69, 9.17) is 11.6 Å². The lowest BCUT2D eigenvalue weighted by molar-refractivity contribution is -0.121. The number of halogens is 1. The van der Waals surface area contributed by atoms with Gasteiger partial charge in [0.05, 0.1) is 10.9 Å². The highest BCUT2D eigenvalue weighted by atomic mass is 35.5. The van der Waals surface area contributed by atoms with Gasteiger partial charge in [0.25, 0.3) is 11.5 Å². The minimum absolute atomic E-state index is 0.0537. The molecule has 1 aliphatic heterocycles. The number of anilines is 1. The zero-order chi connectivity index (χ0) is 19.0. The van der Waals surface area contributed by atoms with Crippen LogP contribution in [0, 0.1) is 0 Å². The van der Waals surface area contributed by atoms with Crippen molar-refractivity contribution in [3.8, 4) is 0 Å². The topological polar surface area (TPSA) is 93.1 Å². The summed E-state index contributed by atoms with van der Waals surface area (Å²) in [5.41, 5.74) is 3.32. The van der Waals surface area contributed by atoms with Crippen molar-refractivity contribution in [1.29, 1.82) is 0 Å². The predicted octanol–water partition coefficient (Wildman–Crippen LogP) is 2.62. The first-order chi connectivity index (χ1) is 13.0. The largest absolute Gasteiger partial charge is 0.326 e. The molecule has 1 unspecified atom stereocenters. The van der Waals surface area contributed by atoms with Crippen molar-refractivity contribution in [3.05, 3.63) is 63.9 Å². The zero-order valence-electron chi connectivity index (χ0n) is 13.8. The average Bonchev–Trinajstić information content (AvgIpc) is 2.65. The van der Waals surface area contributed by atoms with E-state index in [0.717, 1.165) is 16.4 Å². The summed E-state index contributed by atoms with van der Waals surface area (Å²) < 4.78 is 1.13. The van der Waals surface area contributed by atoms with Gasteiger partial charge < -0.3 is 5.32 Å². The average molecular weight is 401 g/mol. The van der Waals surface area contributed by atoms with Gasteiger partial charge in [-0.05, 0) is 36.4 Å². The summed E-state index contributed by atoms with van der Waals surface area (Å²) in [6.45, 7) is 0. The maximum atomic E-state index is 12.5. The molecule has 0 aliphatic carbocycles. The van der Waals surface area contributed by atoms with Crippen LogP contribution in [0.5, 0.6) is 0 Å². The second-order valence-corrected chi connectivity index (χ2v) is 7.50. The minimum atomic E-state index is -0.689. The molecule has 0 saturated heterocycles. The number of amides is 2. The van der Waals surface area contributed by atoms with Crippen LogP contribution in [0.3, 0.4) is 0 Å². The van der Waals surface area contributed by atoms with Crippen LogP contribution in [-0.2, 0) is 9.59 Å². The summed E-state index contributed by atoms with van der Waals surface area (Å²) in [7, 11) is 0. The summed E-state index contributed by atoms with van der Waals surface area (Å²) >= 11 is 6.91. The number of rotatable bonds is 3. The van der Waals surface area contributed by atoms with Crippen LogP contribution in [0.2, 0.25) is 5.02 Å². The Morgan fingerprint density at radius 1 is 1.19 bits per heavy atom. The van der Waals surface area contributed by atoms with Crippen LogP contribution in [-0.4, -0.2) is 26.7 Å². The zero-order valence-corrected chi connectivity index (χ0v) is 15.4. The molecule has 2 aromatic carbocycles. The maximum absolute atomic E-state index is 12.5. The number of benzene rings is 2. The molecule has 3 aromatic rings. The molecule has 2 heterocycles. The molecule has 0 bridgehead atoms. The van der Waals surface area contributed by atoms with E-state index in [1.807, 2.05) is 0 Å². The van der Waals surface area contributed by atoms with Crippen molar-refractivity contribution in [3.63, 3.8) is 0 Å².